The monoisotopic (exact) mass is 285 g/mol. The van der Waals surface area contributed by atoms with E-state index < -0.39 is 0 Å². The van der Waals surface area contributed by atoms with Crippen LogP contribution < -0.4 is 5.32 Å². The molecule has 1 aliphatic rings. The van der Waals surface area contributed by atoms with Crippen molar-refractivity contribution in [2.75, 3.05) is 13.1 Å². The predicted molar refractivity (Wildman–Crippen MR) is 68.1 cm³/mol. The summed E-state index contributed by atoms with van der Waals surface area (Å²) in [4.78, 5) is 0. The second kappa shape index (κ2) is 5.28. The number of rotatable bonds is 2. The number of nitrogens with one attached hydrogen (secondary N) is 1. The maximum absolute atomic E-state index is 13.6. The van der Waals surface area contributed by atoms with E-state index in [1.54, 1.807) is 13.0 Å². The highest BCUT2D eigenvalue weighted by atomic mass is 79.9. The fourth-order valence-electron chi connectivity index (χ4n) is 2.23. The quantitative estimate of drug-likeness (QED) is 0.878. The van der Waals surface area contributed by atoms with Gasteiger partial charge in [-0.05, 0) is 68.5 Å². The summed E-state index contributed by atoms with van der Waals surface area (Å²) in [6.07, 6.45) is 3.40. The number of hydrogen-bond acceptors (Lipinski definition) is 1. The minimum atomic E-state index is -0.0988. The highest BCUT2D eigenvalue weighted by molar-refractivity contribution is 9.10. The van der Waals surface area contributed by atoms with Crippen molar-refractivity contribution < 1.29 is 4.39 Å². The molecule has 1 aromatic carbocycles. The van der Waals surface area contributed by atoms with Crippen LogP contribution in [0.1, 0.15) is 24.0 Å². The fraction of sp³-hybridized carbons (Fsp3) is 0.538. The average Bonchev–Trinajstić information content (AvgIpc) is 2.27. The third-order valence-corrected chi connectivity index (χ3v) is 4.15. The smallest absolute Gasteiger partial charge is 0.127 e. The lowest BCUT2D eigenvalue weighted by atomic mass is 9.91. The van der Waals surface area contributed by atoms with E-state index in [1.807, 2.05) is 0 Å². The van der Waals surface area contributed by atoms with Gasteiger partial charge in [0.2, 0.25) is 0 Å². The molecule has 1 fully saturated rings. The normalized spacial score (nSPS) is 17.7. The molecule has 0 aliphatic carbocycles. The van der Waals surface area contributed by atoms with Crippen molar-refractivity contribution in [3.05, 3.63) is 33.5 Å². The molecule has 1 aromatic rings. The summed E-state index contributed by atoms with van der Waals surface area (Å²) in [5.74, 6) is 0.605. The van der Waals surface area contributed by atoms with Crippen LogP contribution in [0.4, 0.5) is 4.39 Å². The van der Waals surface area contributed by atoms with Crippen LogP contribution in [-0.2, 0) is 6.42 Å². The molecule has 0 spiro atoms. The third-order valence-electron chi connectivity index (χ3n) is 3.32. The van der Waals surface area contributed by atoms with Gasteiger partial charge in [0.05, 0.1) is 0 Å². The minimum Gasteiger partial charge on any atom is -0.317 e. The van der Waals surface area contributed by atoms with Gasteiger partial charge in [0, 0.05) is 4.47 Å². The first-order valence-electron chi connectivity index (χ1n) is 5.82. The summed E-state index contributed by atoms with van der Waals surface area (Å²) in [6, 6.07) is 3.74. The third kappa shape index (κ3) is 2.83. The van der Waals surface area contributed by atoms with Crippen molar-refractivity contribution in [1.29, 1.82) is 0 Å². The molecule has 1 saturated heterocycles. The molecule has 88 valence electrons. The van der Waals surface area contributed by atoms with Gasteiger partial charge >= 0.3 is 0 Å². The molecular weight excluding hydrogens is 269 g/mol. The Labute approximate surface area is 105 Å². The van der Waals surface area contributed by atoms with Gasteiger partial charge in [-0.1, -0.05) is 15.9 Å². The Hall–Kier alpha value is -0.410. The molecule has 0 unspecified atom stereocenters. The molecule has 2 rings (SSSR count). The molecule has 0 amide bonds. The largest absolute Gasteiger partial charge is 0.317 e. The van der Waals surface area contributed by atoms with Gasteiger partial charge in [-0.25, -0.2) is 4.39 Å². The Morgan fingerprint density at radius 3 is 2.69 bits per heavy atom. The van der Waals surface area contributed by atoms with E-state index in [0.29, 0.717) is 11.5 Å². The van der Waals surface area contributed by atoms with E-state index in [9.17, 15) is 4.39 Å². The highest BCUT2D eigenvalue weighted by Crippen LogP contribution is 2.24. The van der Waals surface area contributed by atoms with E-state index in [4.69, 9.17) is 0 Å². The Balaban J connectivity index is 2.09. The topological polar surface area (TPSA) is 12.0 Å². The van der Waals surface area contributed by atoms with Gasteiger partial charge in [0.15, 0.2) is 0 Å². The molecule has 16 heavy (non-hydrogen) atoms. The number of halogens is 2. The summed E-state index contributed by atoms with van der Waals surface area (Å²) in [6.45, 7) is 3.99. The Morgan fingerprint density at radius 1 is 1.38 bits per heavy atom. The SMILES string of the molecule is Cc1c(F)cc(CC2CCNCC2)cc1Br. The van der Waals surface area contributed by atoms with Crippen LogP contribution >= 0.6 is 15.9 Å². The Morgan fingerprint density at radius 2 is 2.06 bits per heavy atom. The average molecular weight is 286 g/mol. The minimum absolute atomic E-state index is 0.0988. The summed E-state index contributed by atoms with van der Waals surface area (Å²) in [7, 11) is 0. The molecule has 1 N–H and O–H groups in total. The van der Waals surface area contributed by atoms with Crippen LogP contribution in [0, 0.1) is 18.7 Å². The first-order chi connectivity index (χ1) is 7.66. The van der Waals surface area contributed by atoms with Crippen LogP contribution in [0.5, 0.6) is 0 Å². The Kier molecular flexibility index (Phi) is 3.98. The molecule has 3 heteroatoms. The van der Waals surface area contributed by atoms with E-state index >= 15 is 0 Å². The lowest BCUT2D eigenvalue weighted by molar-refractivity contribution is 0.372. The van der Waals surface area contributed by atoms with E-state index in [-0.39, 0.29) is 5.82 Å². The standard InChI is InChI=1S/C13H17BrFN/c1-9-12(14)7-11(8-13(9)15)6-10-2-4-16-5-3-10/h7-8,10,16H,2-6H2,1H3. The first kappa shape index (κ1) is 12.1. The van der Waals surface area contributed by atoms with Crippen molar-refractivity contribution in [2.24, 2.45) is 5.92 Å². The maximum Gasteiger partial charge on any atom is 0.127 e. The van der Waals surface area contributed by atoms with Crippen LogP contribution in [0.15, 0.2) is 16.6 Å². The van der Waals surface area contributed by atoms with Crippen molar-refractivity contribution in [3.8, 4) is 0 Å². The van der Waals surface area contributed by atoms with Crippen LogP contribution in [0.2, 0.25) is 0 Å². The second-order valence-electron chi connectivity index (χ2n) is 4.58. The van der Waals surface area contributed by atoms with E-state index in [1.165, 1.54) is 12.8 Å². The number of benzene rings is 1. The molecule has 1 nitrogen and oxygen atoms in total. The molecule has 1 heterocycles. The maximum atomic E-state index is 13.6. The fourth-order valence-corrected chi connectivity index (χ4v) is 2.72. The van der Waals surface area contributed by atoms with Gasteiger partial charge in [-0.15, -0.1) is 0 Å². The van der Waals surface area contributed by atoms with E-state index in [0.717, 1.165) is 29.5 Å². The molecule has 0 aromatic heterocycles. The number of hydrogen-bond donors (Lipinski definition) is 1. The molecular formula is C13H17BrFN. The lowest BCUT2D eigenvalue weighted by Gasteiger charge is -2.22. The van der Waals surface area contributed by atoms with Crippen molar-refractivity contribution >= 4 is 15.9 Å². The zero-order chi connectivity index (χ0) is 11.5. The van der Waals surface area contributed by atoms with Crippen LogP contribution in [0.3, 0.4) is 0 Å². The molecule has 0 bridgehead atoms. The predicted octanol–water partition coefficient (Wildman–Crippen LogP) is 3.44. The summed E-state index contributed by atoms with van der Waals surface area (Å²) < 4.78 is 14.4. The van der Waals surface area contributed by atoms with Crippen LogP contribution in [0.25, 0.3) is 0 Å². The Bertz CT molecular complexity index is 349. The molecule has 0 radical (unpaired) electrons. The molecule has 0 saturated carbocycles. The van der Waals surface area contributed by atoms with E-state index in [2.05, 4.69) is 27.3 Å². The van der Waals surface area contributed by atoms with Crippen LogP contribution in [-0.4, -0.2) is 13.1 Å². The van der Waals surface area contributed by atoms with Gasteiger partial charge in [0.25, 0.3) is 0 Å². The van der Waals surface area contributed by atoms with Crippen molar-refractivity contribution in [1.82, 2.24) is 5.32 Å². The second-order valence-corrected chi connectivity index (χ2v) is 5.44. The highest BCUT2D eigenvalue weighted by Gasteiger charge is 2.14. The number of piperidine rings is 1. The van der Waals surface area contributed by atoms with Gasteiger partial charge < -0.3 is 5.32 Å². The summed E-state index contributed by atoms with van der Waals surface area (Å²) in [5, 5.41) is 3.35. The molecule has 0 atom stereocenters. The first-order valence-corrected chi connectivity index (χ1v) is 6.61. The zero-order valence-electron chi connectivity index (χ0n) is 9.52. The van der Waals surface area contributed by atoms with Gasteiger partial charge in [-0.2, -0.15) is 0 Å². The van der Waals surface area contributed by atoms with Gasteiger partial charge in [0.1, 0.15) is 5.82 Å². The summed E-state index contributed by atoms with van der Waals surface area (Å²) >= 11 is 3.41. The molecule has 1 aliphatic heterocycles. The lowest BCUT2D eigenvalue weighted by Crippen LogP contribution is -2.28. The van der Waals surface area contributed by atoms with Crippen molar-refractivity contribution in [2.45, 2.75) is 26.2 Å². The summed E-state index contributed by atoms with van der Waals surface area (Å²) in [5.41, 5.74) is 1.82. The van der Waals surface area contributed by atoms with Crippen molar-refractivity contribution in [3.63, 3.8) is 0 Å². The zero-order valence-corrected chi connectivity index (χ0v) is 11.1. The van der Waals surface area contributed by atoms with Gasteiger partial charge in [-0.3, -0.25) is 0 Å².